The van der Waals surface area contributed by atoms with E-state index in [1.165, 1.54) is 5.56 Å². The van der Waals surface area contributed by atoms with Crippen molar-refractivity contribution >= 4 is 6.08 Å². The monoisotopic (exact) mass is 208 g/mol. The zero-order valence-electron chi connectivity index (χ0n) is 9.79. The summed E-state index contributed by atoms with van der Waals surface area (Å²) in [4.78, 5) is 0. The van der Waals surface area contributed by atoms with Crippen molar-refractivity contribution in [3.05, 3.63) is 29.2 Å². The van der Waals surface area contributed by atoms with Crippen molar-refractivity contribution in [1.29, 1.82) is 0 Å². The van der Waals surface area contributed by atoms with Crippen molar-refractivity contribution in [2.24, 2.45) is 5.73 Å². The SMILES string of the molecule is CCOCCn1cc(C)cc1/C=C(/C)N. The van der Waals surface area contributed by atoms with Crippen molar-refractivity contribution in [3.8, 4) is 0 Å². The molecule has 0 amide bonds. The van der Waals surface area contributed by atoms with Gasteiger partial charge < -0.3 is 15.0 Å². The van der Waals surface area contributed by atoms with E-state index in [1.807, 2.05) is 19.9 Å². The lowest BCUT2D eigenvalue weighted by molar-refractivity contribution is 0.139. The summed E-state index contributed by atoms with van der Waals surface area (Å²) >= 11 is 0. The van der Waals surface area contributed by atoms with E-state index in [-0.39, 0.29) is 0 Å². The maximum Gasteiger partial charge on any atom is 0.0645 e. The molecule has 0 atom stereocenters. The molecule has 0 aliphatic heterocycles. The Hall–Kier alpha value is -1.22. The number of rotatable bonds is 5. The van der Waals surface area contributed by atoms with Crippen LogP contribution in [0.1, 0.15) is 25.1 Å². The molecule has 15 heavy (non-hydrogen) atoms. The van der Waals surface area contributed by atoms with E-state index in [0.29, 0.717) is 0 Å². The minimum atomic E-state index is 0.745. The van der Waals surface area contributed by atoms with Crippen LogP contribution in [0.3, 0.4) is 0 Å². The predicted molar refractivity (Wildman–Crippen MR) is 63.5 cm³/mol. The van der Waals surface area contributed by atoms with E-state index in [1.54, 1.807) is 0 Å². The summed E-state index contributed by atoms with van der Waals surface area (Å²) in [6, 6.07) is 2.13. The van der Waals surface area contributed by atoms with Crippen LogP contribution >= 0.6 is 0 Å². The number of ether oxygens (including phenoxy) is 1. The molecular formula is C12H20N2O. The highest BCUT2D eigenvalue weighted by atomic mass is 16.5. The average Bonchev–Trinajstić information content (AvgIpc) is 2.46. The van der Waals surface area contributed by atoms with E-state index in [9.17, 15) is 0 Å². The highest BCUT2D eigenvalue weighted by Gasteiger charge is 2.00. The van der Waals surface area contributed by atoms with Crippen LogP contribution in [0, 0.1) is 6.92 Å². The number of allylic oxidation sites excluding steroid dienone is 1. The number of nitrogens with zero attached hydrogens (tertiary/aromatic N) is 1. The summed E-state index contributed by atoms with van der Waals surface area (Å²) in [5, 5.41) is 0. The second-order valence-corrected chi connectivity index (χ2v) is 3.72. The molecule has 0 bridgehead atoms. The van der Waals surface area contributed by atoms with Gasteiger partial charge in [0.15, 0.2) is 0 Å². The van der Waals surface area contributed by atoms with Crippen LogP contribution in [-0.2, 0) is 11.3 Å². The van der Waals surface area contributed by atoms with Gasteiger partial charge in [-0.15, -0.1) is 0 Å². The lowest BCUT2D eigenvalue weighted by Crippen LogP contribution is -2.06. The first kappa shape index (κ1) is 11.9. The van der Waals surface area contributed by atoms with E-state index in [0.717, 1.165) is 31.1 Å². The molecule has 0 aliphatic carbocycles. The summed E-state index contributed by atoms with van der Waals surface area (Å²) < 4.78 is 7.50. The smallest absolute Gasteiger partial charge is 0.0645 e. The van der Waals surface area contributed by atoms with Crippen LogP contribution in [0.4, 0.5) is 0 Å². The van der Waals surface area contributed by atoms with E-state index < -0.39 is 0 Å². The van der Waals surface area contributed by atoms with Crippen LogP contribution in [0.15, 0.2) is 18.0 Å². The molecule has 0 fully saturated rings. The van der Waals surface area contributed by atoms with Crippen molar-refractivity contribution in [2.45, 2.75) is 27.3 Å². The van der Waals surface area contributed by atoms with Gasteiger partial charge in [0.2, 0.25) is 0 Å². The van der Waals surface area contributed by atoms with Gasteiger partial charge in [-0.25, -0.2) is 0 Å². The first-order chi connectivity index (χ1) is 7.13. The summed E-state index contributed by atoms with van der Waals surface area (Å²) in [6.45, 7) is 8.37. The molecule has 0 radical (unpaired) electrons. The molecule has 0 aliphatic rings. The summed E-state index contributed by atoms with van der Waals surface area (Å²) in [7, 11) is 0. The standard InChI is InChI=1S/C12H20N2O/c1-4-15-6-5-14-9-10(2)7-12(14)8-11(3)13/h7-9H,4-6,13H2,1-3H3/b11-8-. The Balaban J connectivity index is 2.73. The lowest BCUT2D eigenvalue weighted by atomic mass is 10.3. The zero-order valence-corrected chi connectivity index (χ0v) is 9.79. The van der Waals surface area contributed by atoms with Gasteiger partial charge in [0.1, 0.15) is 0 Å². The third kappa shape index (κ3) is 3.80. The van der Waals surface area contributed by atoms with Gasteiger partial charge in [0, 0.05) is 30.7 Å². The van der Waals surface area contributed by atoms with E-state index in [4.69, 9.17) is 10.5 Å². The van der Waals surface area contributed by atoms with E-state index >= 15 is 0 Å². The maximum atomic E-state index is 5.67. The number of hydrogen-bond acceptors (Lipinski definition) is 2. The molecule has 3 heteroatoms. The largest absolute Gasteiger partial charge is 0.402 e. The average molecular weight is 208 g/mol. The molecule has 1 rings (SSSR count). The Kier molecular flexibility index (Phi) is 4.43. The predicted octanol–water partition coefficient (Wildman–Crippen LogP) is 2.15. The molecule has 0 saturated heterocycles. The van der Waals surface area contributed by atoms with Gasteiger partial charge in [-0.05, 0) is 38.5 Å². The van der Waals surface area contributed by atoms with Gasteiger partial charge in [-0.3, -0.25) is 0 Å². The van der Waals surface area contributed by atoms with Crippen LogP contribution in [0.5, 0.6) is 0 Å². The minimum Gasteiger partial charge on any atom is -0.402 e. The number of aryl methyl sites for hydroxylation is 1. The Morgan fingerprint density at radius 1 is 1.60 bits per heavy atom. The zero-order chi connectivity index (χ0) is 11.3. The second-order valence-electron chi connectivity index (χ2n) is 3.72. The third-order valence-corrected chi connectivity index (χ3v) is 2.12. The minimum absolute atomic E-state index is 0.745. The molecule has 3 nitrogen and oxygen atoms in total. The Morgan fingerprint density at radius 2 is 2.33 bits per heavy atom. The molecule has 1 aromatic rings. The molecule has 84 valence electrons. The molecule has 1 heterocycles. The molecule has 0 spiro atoms. The van der Waals surface area contributed by atoms with Crippen LogP contribution < -0.4 is 5.73 Å². The molecule has 0 saturated carbocycles. The highest BCUT2D eigenvalue weighted by molar-refractivity contribution is 5.49. The molecule has 0 aromatic carbocycles. The number of hydrogen-bond donors (Lipinski definition) is 1. The van der Waals surface area contributed by atoms with Crippen molar-refractivity contribution in [1.82, 2.24) is 4.57 Å². The topological polar surface area (TPSA) is 40.2 Å². The van der Waals surface area contributed by atoms with Gasteiger partial charge in [0.05, 0.1) is 6.61 Å². The van der Waals surface area contributed by atoms with Gasteiger partial charge >= 0.3 is 0 Å². The molecular weight excluding hydrogens is 188 g/mol. The van der Waals surface area contributed by atoms with Crippen molar-refractivity contribution in [2.75, 3.05) is 13.2 Å². The second kappa shape index (κ2) is 5.61. The Morgan fingerprint density at radius 3 is 2.93 bits per heavy atom. The fourth-order valence-corrected chi connectivity index (χ4v) is 1.53. The summed E-state index contributed by atoms with van der Waals surface area (Å²) in [6.07, 6.45) is 4.10. The highest BCUT2D eigenvalue weighted by Crippen LogP contribution is 2.10. The quantitative estimate of drug-likeness (QED) is 0.753. The van der Waals surface area contributed by atoms with Gasteiger partial charge in [-0.2, -0.15) is 0 Å². The Bertz CT molecular complexity index is 335. The fourth-order valence-electron chi connectivity index (χ4n) is 1.53. The molecule has 2 N–H and O–H groups in total. The van der Waals surface area contributed by atoms with Crippen LogP contribution in [-0.4, -0.2) is 17.8 Å². The van der Waals surface area contributed by atoms with E-state index in [2.05, 4.69) is 23.8 Å². The van der Waals surface area contributed by atoms with Crippen molar-refractivity contribution in [3.63, 3.8) is 0 Å². The normalized spacial score (nSPS) is 12.1. The van der Waals surface area contributed by atoms with Gasteiger partial charge in [-0.1, -0.05) is 0 Å². The summed E-state index contributed by atoms with van der Waals surface area (Å²) in [5.41, 5.74) is 8.89. The third-order valence-electron chi connectivity index (χ3n) is 2.12. The lowest BCUT2D eigenvalue weighted by Gasteiger charge is -2.06. The Labute approximate surface area is 91.5 Å². The fraction of sp³-hybridized carbons (Fsp3) is 0.500. The first-order valence-corrected chi connectivity index (χ1v) is 5.31. The number of aromatic nitrogens is 1. The molecule has 1 aromatic heterocycles. The van der Waals surface area contributed by atoms with Crippen LogP contribution in [0.25, 0.3) is 6.08 Å². The number of nitrogens with two attached hydrogens (primary N) is 1. The van der Waals surface area contributed by atoms with Gasteiger partial charge in [0.25, 0.3) is 0 Å². The summed E-state index contributed by atoms with van der Waals surface area (Å²) in [5.74, 6) is 0. The maximum absolute atomic E-state index is 5.67. The first-order valence-electron chi connectivity index (χ1n) is 5.31. The van der Waals surface area contributed by atoms with Crippen molar-refractivity contribution < 1.29 is 4.74 Å². The molecule has 0 unspecified atom stereocenters. The van der Waals surface area contributed by atoms with Crippen LogP contribution in [0.2, 0.25) is 0 Å².